The summed E-state index contributed by atoms with van der Waals surface area (Å²) in [5.74, 6) is 0. The molecule has 0 amide bonds. The first kappa shape index (κ1) is 19.5. The fourth-order valence-corrected chi connectivity index (χ4v) is 4.89. The maximum absolute atomic E-state index is 11.7. The molecule has 0 radical (unpaired) electrons. The van der Waals surface area contributed by atoms with E-state index in [0.717, 1.165) is 4.90 Å². The maximum Gasteiger partial charge on any atom is 0.360 e. The fourth-order valence-electron chi connectivity index (χ4n) is 1.97. The van der Waals surface area contributed by atoms with E-state index < -0.39 is 26.8 Å². The molecule has 0 fully saturated rings. The number of hydrogen-bond donors (Lipinski definition) is 4. The van der Waals surface area contributed by atoms with Gasteiger partial charge in [-0.1, -0.05) is 0 Å². The van der Waals surface area contributed by atoms with Gasteiger partial charge in [0.25, 0.3) is 0 Å². The predicted molar refractivity (Wildman–Crippen MR) is 78.3 cm³/mol. The van der Waals surface area contributed by atoms with Crippen LogP contribution < -0.4 is 0 Å². The van der Waals surface area contributed by atoms with Gasteiger partial charge >= 0.3 is 15.2 Å². The van der Waals surface area contributed by atoms with Crippen LogP contribution in [0.5, 0.6) is 0 Å². The van der Waals surface area contributed by atoms with Crippen LogP contribution in [0.3, 0.4) is 0 Å². The Labute approximate surface area is 128 Å². The van der Waals surface area contributed by atoms with Gasteiger partial charge in [0.15, 0.2) is 0 Å². The lowest BCUT2D eigenvalue weighted by Crippen LogP contribution is -2.47. The number of imidazole rings is 1. The van der Waals surface area contributed by atoms with E-state index in [4.69, 9.17) is 4.74 Å². The van der Waals surface area contributed by atoms with Gasteiger partial charge in [-0.2, -0.15) is 0 Å². The van der Waals surface area contributed by atoms with Crippen molar-refractivity contribution in [2.24, 2.45) is 0 Å². The van der Waals surface area contributed by atoms with Gasteiger partial charge in [-0.25, -0.2) is 4.98 Å². The van der Waals surface area contributed by atoms with Crippen molar-refractivity contribution in [3.63, 3.8) is 0 Å². The summed E-state index contributed by atoms with van der Waals surface area (Å²) >= 11 is 0. The predicted octanol–water partition coefficient (Wildman–Crippen LogP) is 0.0315. The third-order valence-corrected chi connectivity index (χ3v) is 7.83. The van der Waals surface area contributed by atoms with Gasteiger partial charge in [0.1, 0.15) is 0 Å². The molecule has 1 heterocycles. The van der Waals surface area contributed by atoms with Gasteiger partial charge < -0.3 is 28.9 Å². The van der Waals surface area contributed by atoms with Crippen LogP contribution in [0.15, 0.2) is 18.7 Å². The Balaban J connectivity index is 2.91. The normalized spacial score (nSPS) is 15.3. The largest absolute Gasteiger partial charge is 0.376 e. The standard InChI is InChI=1S/C10H21N3O7P2/c1-9(13-5-4-11-8-13)6-20-7-10(12(2)3,21(14,15)16)22(17,18)19/h4-5,8-9H,6-7H2,1-3H3,(H2,14,15,16)(H2,17,18,19). The minimum Gasteiger partial charge on any atom is -0.376 e. The van der Waals surface area contributed by atoms with E-state index in [0.29, 0.717) is 0 Å². The van der Waals surface area contributed by atoms with Crippen LogP contribution in [0.4, 0.5) is 0 Å². The SMILES string of the molecule is CC(COCC(N(C)C)(P(=O)(O)O)P(=O)(O)O)n1ccnc1. The second kappa shape index (κ2) is 6.90. The van der Waals surface area contributed by atoms with Gasteiger partial charge in [-0.15, -0.1) is 0 Å². The van der Waals surface area contributed by atoms with E-state index in [2.05, 4.69) is 4.98 Å². The zero-order valence-corrected chi connectivity index (χ0v) is 14.3. The van der Waals surface area contributed by atoms with Crippen LogP contribution in [0.1, 0.15) is 13.0 Å². The van der Waals surface area contributed by atoms with Crippen LogP contribution in [0.2, 0.25) is 0 Å². The van der Waals surface area contributed by atoms with Crippen LogP contribution in [0, 0.1) is 0 Å². The molecule has 128 valence electrons. The molecule has 1 unspecified atom stereocenters. The highest BCUT2D eigenvalue weighted by Crippen LogP contribution is 2.69. The molecule has 22 heavy (non-hydrogen) atoms. The molecule has 1 aromatic heterocycles. The van der Waals surface area contributed by atoms with E-state index in [1.54, 1.807) is 30.2 Å². The molecule has 10 nitrogen and oxygen atoms in total. The van der Waals surface area contributed by atoms with Crippen molar-refractivity contribution in [2.45, 2.75) is 18.0 Å². The number of aromatic nitrogens is 2. The molecule has 1 aromatic rings. The van der Waals surface area contributed by atoms with Gasteiger partial charge in [-0.3, -0.25) is 14.0 Å². The molecule has 1 atom stereocenters. The van der Waals surface area contributed by atoms with Crippen LogP contribution in [0.25, 0.3) is 0 Å². The lowest BCUT2D eigenvalue weighted by molar-refractivity contribution is 0.0532. The Kier molecular flexibility index (Phi) is 6.11. The van der Waals surface area contributed by atoms with Crippen LogP contribution in [-0.2, 0) is 13.9 Å². The molecular formula is C10H21N3O7P2. The second-order valence-corrected chi connectivity index (χ2v) is 9.14. The second-order valence-electron chi connectivity index (χ2n) is 5.13. The van der Waals surface area contributed by atoms with Gasteiger partial charge in [-0.05, 0) is 21.0 Å². The van der Waals surface area contributed by atoms with E-state index in [-0.39, 0.29) is 12.6 Å². The monoisotopic (exact) mass is 357 g/mol. The van der Waals surface area contributed by atoms with Crippen molar-refractivity contribution < 1.29 is 33.4 Å². The zero-order chi connectivity index (χ0) is 17.2. The average Bonchev–Trinajstić information content (AvgIpc) is 2.83. The molecule has 0 spiro atoms. The van der Waals surface area contributed by atoms with Gasteiger partial charge in [0.05, 0.1) is 25.6 Å². The summed E-state index contributed by atoms with van der Waals surface area (Å²) in [7, 11) is -8.01. The summed E-state index contributed by atoms with van der Waals surface area (Å²) in [6.45, 7) is 0.966. The van der Waals surface area contributed by atoms with Crippen molar-refractivity contribution >= 4 is 15.2 Å². The Morgan fingerprint density at radius 1 is 1.27 bits per heavy atom. The summed E-state index contributed by atoms with van der Waals surface area (Å²) in [5.41, 5.74) is 0. The summed E-state index contributed by atoms with van der Waals surface area (Å²) in [6.07, 6.45) is 4.78. The van der Waals surface area contributed by atoms with Crippen molar-refractivity contribution in [1.82, 2.24) is 14.5 Å². The smallest absolute Gasteiger partial charge is 0.360 e. The Bertz CT molecular complexity index is 543. The minimum absolute atomic E-state index is 0.00590. The Morgan fingerprint density at radius 3 is 2.18 bits per heavy atom. The first-order valence-electron chi connectivity index (χ1n) is 6.27. The van der Waals surface area contributed by atoms with E-state index in [9.17, 15) is 28.7 Å². The lowest BCUT2D eigenvalue weighted by atomic mass is 10.3. The van der Waals surface area contributed by atoms with Crippen LogP contribution >= 0.6 is 15.2 Å². The fraction of sp³-hybridized carbons (Fsp3) is 0.700. The van der Waals surface area contributed by atoms with E-state index in [1.165, 1.54) is 14.1 Å². The average molecular weight is 357 g/mol. The third kappa shape index (κ3) is 3.84. The molecule has 0 saturated heterocycles. The molecule has 1 rings (SSSR count). The topological polar surface area (TPSA) is 145 Å². The quantitative estimate of drug-likeness (QED) is 0.473. The Morgan fingerprint density at radius 2 is 1.82 bits per heavy atom. The molecule has 0 aromatic carbocycles. The molecular weight excluding hydrogens is 336 g/mol. The van der Waals surface area contributed by atoms with Crippen molar-refractivity contribution in [1.29, 1.82) is 0 Å². The highest BCUT2D eigenvalue weighted by Gasteiger charge is 2.62. The molecule has 12 heteroatoms. The molecule has 0 aliphatic carbocycles. The summed E-state index contributed by atoms with van der Waals surface area (Å²) < 4.78 is 30.3. The van der Waals surface area contributed by atoms with Crippen LogP contribution in [-0.4, -0.2) is 66.4 Å². The van der Waals surface area contributed by atoms with Gasteiger partial charge in [0.2, 0.25) is 5.02 Å². The highest BCUT2D eigenvalue weighted by molar-refractivity contribution is 7.72. The first-order valence-corrected chi connectivity index (χ1v) is 9.50. The van der Waals surface area contributed by atoms with Crippen molar-refractivity contribution in [3.05, 3.63) is 18.7 Å². The number of nitrogens with zero attached hydrogens (tertiary/aromatic N) is 3. The maximum atomic E-state index is 11.7. The molecule has 0 aliphatic rings. The number of hydrogen-bond acceptors (Lipinski definition) is 5. The minimum atomic E-state index is -5.19. The number of likely N-dealkylation sites (N-methyl/N-ethyl adjacent to an activating group) is 1. The van der Waals surface area contributed by atoms with E-state index >= 15 is 0 Å². The van der Waals surface area contributed by atoms with E-state index in [1.807, 2.05) is 0 Å². The number of rotatable bonds is 8. The molecule has 0 bridgehead atoms. The number of ether oxygens (including phenoxy) is 1. The van der Waals surface area contributed by atoms with Gasteiger partial charge in [0, 0.05) is 12.4 Å². The molecule has 0 aliphatic heterocycles. The zero-order valence-electron chi connectivity index (χ0n) is 12.5. The van der Waals surface area contributed by atoms with Crippen molar-refractivity contribution in [2.75, 3.05) is 27.3 Å². The summed E-state index contributed by atoms with van der Waals surface area (Å²) in [5, 5.41) is -2.71. The highest BCUT2D eigenvalue weighted by atomic mass is 31.2. The molecule has 4 N–H and O–H groups in total. The molecule has 0 saturated carbocycles. The lowest BCUT2D eigenvalue weighted by Gasteiger charge is -2.39. The summed E-state index contributed by atoms with van der Waals surface area (Å²) in [4.78, 5) is 42.5. The summed E-state index contributed by atoms with van der Waals surface area (Å²) in [6, 6.07) is -0.212. The van der Waals surface area contributed by atoms with Crippen molar-refractivity contribution in [3.8, 4) is 0 Å². The Hall–Kier alpha value is -0.570. The third-order valence-electron chi connectivity index (χ3n) is 3.34. The first-order chi connectivity index (χ1) is 9.93.